The van der Waals surface area contributed by atoms with Crippen molar-refractivity contribution in [1.82, 2.24) is 24.2 Å². The SMILES string of the molecule is Cc1cc(C)cc(C(=O)N(C)CCCCN2CCN(c3nc(C)cn4ccnc34)CC2)c1. The van der Waals surface area contributed by atoms with Crippen LogP contribution < -0.4 is 4.90 Å². The standard InChI is InChI=1S/C25H34N6O/c1-19-15-20(2)17-22(16-19)25(32)28(4)8-5-6-9-29-11-13-30(14-12-29)24-23-26-7-10-31(23)18-21(3)27-24/h7,10,15-18H,5-6,8-9,11-14H2,1-4H3. The summed E-state index contributed by atoms with van der Waals surface area (Å²) in [5, 5.41) is 0. The highest BCUT2D eigenvalue weighted by Gasteiger charge is 2.21. The molecule has 0 unspecified atom stereocenters. The van der Waals surface area contributed by atoms with E-state index in [1.54, 1.807) is 0 Å². The van der Waals surface area contributed by atoms with Gasteiger partial charge < -0.3 is 14.2 Å². The molecule has 0 saturated carbocycles. The molecule has 1 aromatic carbocycles. The highest BCUT2D eigenvalue weighted by molar-refractivity contribution is 5.94. The van der Waals surface area contributed by atoms with Crippen LogP contribution in [0.4, 0.5) is 5.82 Å². The minimum absolute atomic E-state index is 0.112. The Morgan fingerprint density at radius 2 is 1.75 bits per heavy atom. The summed E-state index contributed by atoms with van der Waals surface area (Å²) in [7, 11) is 1.91. The largest absolute Gasteiger partial charge is 0.351 e. The molecule has 1 fully saturated rings. The van der Waals surface area contributed by atoms with Gasteiger partial charge >= 0.3 is 0 Å². The number of aryl methyl sites for hydroxylation is 3. The van der Waals surface area contributed by atoms with Crippen LogP contribution in [0, 0.1) is 20.8 Å². The molecule has 0 N–H and O–H groups in total. The van der Waals surface area contributed by atoms with Crippen molar-refractivity contribution < 1.29 is 4.79 Å². The summed E-state index contributed by atoms with van der Waals surface area (Å²) in [4.78, 5) is 28.7. The Balaban J connectivity index is 1.21. The molecule has 3 aromatic rings. The molecule has 2 aromatic heterocycles. The molecule has 1 aliphatic heterocycles. The molecule has 1 amide bonds. The number of hydrogen-bond donors (Lipinski definition) is 0. The Morgan fingerprint density at radius 3 is 2.47 bits per heavy atom. The highest BCUT2D eigenvalue weighted by Crippen LogP contribution is 2.20. The van der Waals surface area contributed by atoms with E-state index < -0.39 is 0 Å². The van der Waals surface area contributed by atoms with Crippen molar-refractivity contribution in [3.05, 3.63) is 59.2 Å². The number of unbranched alkanes of at least 4 members (excludes halogenated alkanes) is 1. The van der Waals surface area contributed by atoms with E-state index in [0.717, 1.165) is 86.0 Å². The molecule has 1 saturated heterocycles. The molecular weight excluding hydrogens is 400 g/mol. The van der Waals surface area contributed by atoms with Crippen LogP contribution in [0.5, 0.6) is 0 Å². The van der Waals surface area contributed by atoms with Gasteiger partial charge in [0, 0.05) is 63.9 Å². The molecule has 4 rings (SSSR count). The van der Waals surface area contributed by atoms with Crippen molar-refractivity contribution in [2.45, 2.75) is 33.6 Å². The predicted octanol–water partition coefficient (Wildman–Crippen LogP) is 3.33. The summed E-state index contributed by atoms with van der Waals surface area (Å²) in [6, 6.07) is 6.06. The van der Waals surface area contributed by atoms with Crippen LogP contribution in [-0.4, -0.2) is 76.4 Å². The quantitative estimate of drug-likeness (QED) is 0.534. The normalized spacial score (nSPS) is 14.8. The van der Waals surface area contributed by atoms with Crippen molar-refractivity contribution >= 4 is 17.4 Å². The first-order valence-corrected chi connectivity index (χ1v) is 11.5. The third-order valence-corrected chi connectivity index (χ3v) is 6.18. The van der Waals surface area contributed by atoms with Crippen LogP contribution in [0.1, 0.15) is 40.0 Å². The molecule has 7 nitrogen and oxygen atoms in total. The van der Waals surface area contributed by atoms with Gasteiger partial charge in [-0.15, -0.1) is 0 Å². The lowest BCUT2D eigenvalue weighted by Gasteiger charge is -2.35. The fourth-order valence-electron chi connectivity index (χ4n) is 4.54. The van der Waals surface area contributed by atoms with Crippen LogP contribution in [0.15, 0.2) is 36.8 Å². The van der Waals surface area contributed by atoms with Gasteiger partial charge in [0.1, 0.15) is 0 Å². The Labute approximate surface area is 190 Å². The molecule has 32 heavy (non-hydrogen) atoms. The number of carbonyl (C=O) groups excluding carboxylic acids is 1. The van der Waals surface area contributed by atoms with Gasteiger partial charge in [0.15, 0.2) is 11.5 Å². The van der Waals surface area contributed by atoms with Gasteiger partial charge in [-0.2, -0.15) is 0 Å². The van der Waals surface area contributed by atoms with Gasteiger partial charge in [-0.25, -0.2) is 9.97 Å². The maximum atomic E-state index is 12.7. The molecule has 170 valence electrons. The lowest BCUT2D eigenvalue weighted by atomic mass is 10.1. The summed E-state index contributed by atoms with van der Waals surface area (Å²) in [6.45, 7) is 11.9. The molecule has 0 aliphatic carbocycles. The highest BCUT2D eigenvalue weighted by atomic mass is 16.2. The maximum Gasteiger partial charge on any atom is 0.253 e. The second kappa shape index (κ2) is 9.69. The zero-order valence-electron chi connectivity index (χ0n) is 19.7. The number of anilines is 1. The van der Waals surface area contributed by atoms with Gasteiger partial charge in [0.2, 0.25) is 0 Å². The van der Waals surface area contributed by atoms with Gasteiger partial charge in [-0.1, -0.05) is 17.2 Å². The summed E-state index contributed by atoms with van der Waals surface area (Å²) in [6.07, 6.45) is 7.94. The third kappa shape index (κ3) is 5.10. The first kappa shape index (κ1) is 22.3. The predicted molar refractivity (Wildman–Crippen MR) is 128 cm³/mol. The number of carbonyl (C=O) groups is 1. The van der Waals surface area contributed by atoms with E-state index >= 15 is 0 Å². The Bertz CT molecular complexity index is 1060. The maximum absolute atomic E-state index is 12.7. The van der Waals surface area contributed by atoms with Crippen LogP contribution in [-0.2, 0) is 0 Å². The average molecular weight is 435 g/mol. The summed E-state index contributed by atoms with van der Waals surface area (Å²) in [5.41, 5.74) is 5.00. The first-order chi connectivity index (χ1) is 15.4. The third-order valence-electron chi connectivity index (χ3n) is 6.18. The molecule has 3 heterocycles. The van der Waals surface area contributed by atoms with E-state index in [1.807, 2.05) is 63.4 Å². The van der Waals surface area contributed by atoms with Gasteiger partial charge in [0.05, 0.1) is 5.69 Å². The number of hydrogen-bond acceptors (Lipinski definition) is 5. The number of benzene rings is 1. The van der Waals surface area contributed by atoms with E-state index in [2.05, 4.69) is 25.3 Å². The topological polar surface area (TPSA) is 57.0 Å². The fraction of sp³-hybridized carbons (Fsp3) is 0.480. The lowest BCUT2D eigenvalue weighted by molar-refractivity contribution is 0.0791. The number of imidazole rings is 1. The molecule has 1 aliphatic rings. The fourth-order valence-corrected chi connectivity index (χ4v) is 4.54. The molecule has 0 atom stereocenters. The minimum Gasteiger partial charge on any atom is -0.351 e. The van der Waals surface area contributed by atoms with Crippen molar-refractivity contribution in [1.29, 1.82) is 0 Å². The number of amides is 1. The van der Waals surface area contributed by atoms with Crippen molar-refractivity contribution in [2.75, 3.05) is 51.2 Å². The van der Waals surface area contributed by atoms with Gasteiger partial charge in [-0.05, 0) is 52.3 Å². The molecular formula is C25H34N6O. The summed E-state index contributed by atoms with van der Waals surface area (Å²) in [5.74, 6) is 1.10. The average Bonchev–Trinajstić information content (AvgIpc) is 3.23. The minimum atomic E-state index is 0.112. The first-order valence-electron chi connectivity index (χ1n) is 11.5. The number of fused-ring (bicyclic) bond motifs is 1. The molecule has 0 bridgehead atoms. The monoisotopic (exact) mass is 434 g/mol. The number of nitrogens with zero attached hydrogens (tertiary/aromatic N) is 6. The summed E-state index contributed by atoms with van der Waals surface area (Å²) >= 11 is 0. The van der Waals surface area contributed by atoms with Crippen molar-refractivity contribution in [2.24, 2.45) is 0 Å². The van der Waals surface area contributed by atoms with Crippen molar-refractivity contribution in [3.63, 3.8) is 0 Å². The van der Waals surface area contributed by atoms with E-state index in [-0.39, 0.29) is 5.91 Å². The van der Waals surface area contributed by atoms with Gasteiger partial charge in [-0.3, -0.25) is 9.69 Å². The van der Waals surface area contributed by atoms with Crippen LogP contribution in [0.25, 0.3) is 5.65 Å². The zero-order valence-corrected chi connectivity index (χ0v) is 19.7. The second-order valence-corrected chi connectivity index (χ2v) is 9.00. The molecule has 0 spiro atoms. The van der Waals surface area contributed by atoms with Crippen LogP contribution in [0.3, 0.4) is 0 Å². The van der Waals surface area contributed by atoms with E-state index in [1.165, 1.54) is 0 Å². The van der Waals surface area contributed by atoms with E-state index in [9.17, 15) is 4.79 Å². The van der Waals surface area contributed by atoms with E-state index in [0.29, 0.717) is 0 Å². The van der Waals surface area contributed by atoms with Gasteiger partial charge in [0.25, 0.3) is 5.91 Å². The molecule has 0 radical (unpaired) electrons. The number of rotatable bonds is 7. The number of piperazine rings is 1. The van der Waals surface area contributed by atoms with Crippen LogP contribution in [0.2, 0.25) is 0 Å². The van der Waals surface area contributed by atoms with Crippen LogP contribution >= 0.6 is 0 Å². The Kier molecular flexibility index (Phi) is 6.74. The van der Waals surface area contributed by atoms with E-state index in [4.69, 9.17) is 4.98 Å². The smallest absolute Gasteiger partial charge is 0.253 e. The zero-order chi connectivity index (χ0) is 22.7. The Hall–Kier alpha value is -2.93. The number of aromatic nitrogens is 3. The second-order valence-electron chi connectivity index (χ2n) is 9.00. The lowest BCUT2D eigenvalue weighted by Crippen LogP contribution is -2.47. The van der Waals surface area contributed by atoms with Crippen molar-refractivity contribution in [3.8, 4) is 0 Å². The molecule has 7 heteroatoms. The Morgan fingerprint density at radius 1 is 1.03 bits per heavy atom. The summed E-state index contributed by atoms with van der Waals surface area (Å²) < 4.78 is 2.06.